The molecule has 3 rings (SSSR count). The summed E-state index contributed by atoms with van der Waals surface area (Å²) in [4.78, 5) is 24.0. The smallest absolute Gasteiger partial charge is 0.248 e. The molecule has 0 aliphatic heterocycles. The van der Waals surface area contributed by atoms with Gasteiger partial charge in [0, 0.05) is 17.1 Å². The predicted octanol–water partition coefficient (Wildman–Crippen LogP) is 3.22. The molecule has 0 atom stereocenters. The highest BCUT2D eigenvalue weighted by molar-refractivity contribution is 6.30. The van der Waals surface area contributed by atoms with Crippen molar-refractivity contribution in [2.75, 3.05) is 6.54 Å². The molecule has 2 amide bonds. The van der Waals surface area contributed by atoms with Crippen molar-refractivity contribution >= 4 is 23.4 Å². The maximum absolute atomic E-state index is 12.8. The van der Waals surface area contributed by atoms with Crippen LogP contribution >= 0.6 is 11.6 Å². The van der Waals surface area contributed by atoms with E-state index in [1.165, 1.54) is 0 Å². The molecule has 0 unspecified atom stereocenters. The quantitative estimate of drug-likeness (QED) is 0.834. The van der Waals surface area contributed by atoms with Gasteiger partial charge < -0.3 is 11.1 Å². The SMILES string of the molecule is NC(=O)c1cccc(CCNC(=O)C2(c3cccc(Cl)c3)CCC2)c1. The van der Waals surface area contributed by atoms with Crippen LogP contribution in [0.5, 0.6) is 0 Å². The van der Waals surface area contributed by atoms with Crippen LogP contribution < -0.4 is 11.1 Å². The first-order valence-electron chi connectivity index (χ1n) is 8.44. The molecule has 1 aliphatic carbocycles. The molecular weight excluding hydrogens is 336 g/mol. The fraction of sp³-hybridized carbons (Fsp3) is 0.300. The van der Waals surface area contributed by atoms with Crippen molar-refractivity contribution in [1.29, 1.82) is 0 Å². The standard InChI is InChI=1S/C20H21ClN2O2/c21-17-7-2-6-16(13-17)20(9-3-10-20)19(25)23-11-8-14-4-1-5-15(12-14)18(22)24/h1-2,4-7,12-13H,3,8-11H2,(H2,22,24)(H,23,25). The minimum Gasteiger partial charge on any atom is -0.366 e. The number of rotatable bonds is 6. The maximum Gasteiger partial charge on any atom is 0.248 e. The Morgan fingerprint density at radius 3 is 2.52 bits per heavy atom. The third-order valence-electron chi connectivity index (χ3n) is 4.93. The van der Waals surface area contributed by atoms with E-state index in [0.717, 1.165) is 30.4 Å². The van der Waals surface area contributed by atoms with Gasteiger partial charge in [-0.2, -0.15) is 0 Å². The van der Waals surface area contributed by atoms with E-state index in [1.807, 2.05) is 30.3 Å². The first-order chi connectivity index (χ1) is 12.0. The summed E-state index contributed by atoms with van der Waals surface area (Å²) in [6, 6.07) is 14.8. The summed E-state index contributed by atoms with van der Waals surface area (Å²) in [5.74, 6) is -0.396. The van der Waals surface area contributed by atoms with Crippen LogP contribution in [0.3, 0.4) is 0 Å². The van der Waals surface area contributed by atoms with Crippen LogP contribution in [0.15, 0.2) is 48.5 Å². The average Bonchev–Trinajstić information content (AvgIpc) is 2.54. The lowest BCUT2D eigenvalue weighted by atomic mass is 9.64. The lowest BCUT2D eigenvalue weighted by molar-refractivity contribution is -0.129. The van der Waals surface area contributed by atoms with Crippen molar-refractivity contribution in [2.24, 2.45) is 5.73 Å². The maximum atomic E-state index is 12.8. The van der Waals surface area contributed by atoms with Gasteiger partial charge in [0.05, 0.1) is 5.41 Å². The summed E-state index contributed by atoms with van der Waals surface area (Å²) in [5.41, 5.74) is 7.29. The van der Waals surface area contributed by atoms with Gasteiger partial charge in [-0.25, -0.2) is 0 Å². The Labute approximate surface area is 152 Å². The zero-order valence-electron chi connectivity index (χ0n) is 13.9. The molecule has 25 heavy (non-hydrogen) atoms. The average molecular weight is 357 g/mol. The number of nitrogens with one attached hydrogen (secondary N) is 1. The van der Waals surface area contributed by atoms with E-state index in [-0.39, 0.29) is 5.91 Å². The fourth-order valence-electron chi connectivity index (χ4n) is 3.33. The van der Waals surface area contributed by atoms with Crippen LogP contribution in [0, 0.1) is 0 Å². The van der Waals surface area contributed by atoms with Gasteiger partial charge in [-0.3, -0.25) is 9.59 Å². The van der Waals surface area contributed by atoms with Gasteiger partial charge >= 0.3 is 0 Å². The van der Waals surface area contributed by atoms with Crippen molar-refractivity contribution in [3.05, 3.63) is 70.2 Å². The van der Waals surface area contributed by atoms with Crippen LogP contribution in [0.4, 0.5) is 0 Å². The number of hydrogen-bond donors (Lipinski definition) is 2. The molecule has 0 spiro atoms. The summed E-state index contributed by atoms with van der Waals surface area (Å²) in [6.07, 6.45) is 3.38. The number of amides is 2. The van der Waals surface area contributed by atoms with E-state index in [9.17, 15) is 9.59 Å². The Bertz CT molecular complexity index is 800. The van der Waals surface area contributed by atoms with Gasteiger partial charge in [0.2, 0.25) is 11.8 Å². The van der Waals surface area contributed by atoms with Gasteiger partial charge in [-0.1, -0.05) is 42.3 Å². The fourth-order valence-corrected chi connectivity index (χ4v) is 3.52. The third kappa shape index (κ3) is 3.69. The molecule has 5 heteroatoms. The summed E-state index contributed by atoms with van der Waals surface area (Å²) < 4.78 is 0. The second-order valence-electron chi connectivity index (χ2n) is 6.52. The van der Waals surface area contributed by atoms with Gasteiger partial charge in [0.15, 0.2) is 0 Å². The van der Waals surface area contributed by atoms with Crippen LogP contribution in [0.2, 0.25) is 5.02 Å². The van der Waals surface area contributed by atoms with Crippen LogP contribution in [0.25, 0.3) is 0 Å². The first-order valence-corrected chi connectivity index (χ1v) is 8.82. The van der Waals surface area contributed by atoms with Crippen molar-refractivity contribution in [1.82, 2.24) is 5.32 Å². The van der Waals surface area contributed by atoms with Gasteiger partial charge in [-0.15, -0.1) is 0 Å². The summed E-state index contributed by atoms with van der Waals surface area (Å²) >= 11 is 6.09. The first kappa shape index (κ1) is 17.5. The van der Waals surface area contributed by atoms with E-state index in [1.54, 1.807) is 18.2 Å². The summed E-state index contributed by atoms with van der Waals surface area (Å²) in [6.45, 7) is 0.517. The second-order valence-corrected chi connectivity index (χ2v) is 6.95. The van der Waals surface area contributed by atoms with Crippen molar-refractivity contribution in [2.45, 2.75) is 31.1 Å². The summed E-state index contributed by atoms with van der Waals surface area (Å²) in [5, 5.41) is 3.69. The highest BCUT2D eigenvalue weighted by Crippen LogP contribution is 2.44. The Morgan fingerprint density at radius 1 is 1.12 bits per heavy atom. The lowest BCUT2D eigenvalue weighted by Gasteiger charge is -2.40. The van der Waals surface area contributed by atoms with Crippen LogP contribution in [0.1, 0.15) is 40.7 Å². The van der Waals surface area contributed by atoms with E-state index in [2.05, 4.69) is 5.32 Å². The van der Waals surface area contributed by atoms with E-state index in [4.69, 9.17) is 17.3 Å². The van der Waals surface area contributed by atoms with Crippen molar-refractivity contribution < 1.29 is 9.59 Å². The monoisotopic (exact) mass is 356 g/mol. The highest BCUT2D eigenvalue weighted by atomic mass is 35.5. The summed E-state index contributed by atoms with van der Waals surface area (Å²) in [7, 11) is 0. The normalized spacial score (nSPS) is 15.2. The van der Waals surface area contributed by atoms with Crippen molar-refractivity contribution in [3.8, 4) is 0 Å². The molecule has 130 valence electrons. The third-order valence-corrected chi connectivity index (χ3v) is 5.16. The molecule has 1 saturated carbocycles. The number of carbonyl (C=O) groups is 2. The molecule has 1 aliphatic rings. The Morgan fingerprint density at radius 2 is 1.88 bits per heavy atom. The minimum absolute atomic E-state index is 0.0482. The number of halogens is 1. The molecule has 0 aromatic heterocycles. The van der Waals surface area contributed by atoms with Gasteiger partial charge in [0.1, 0.15) is 0 Å². The second kappa shape index (κ2) is 7.28. The van der Waals surface area contributed by atoms with Crippen molar-refractivity contribution in [3.63, 3.8) is 0 Å². The van der Waals surface area contributed by atoms with E-state index >= 15 is 0 Å². The molecule has 0 heterocycles. The lowest BCUT2D eigenvalue weighted by Crippen LogP contribution is -2.49. The molecule has 0 radical (unpaired) electrons. The Balaban J connectivity index is 1.64. The molecule has 2 aromatic rings. The molecular formula is C20H21ClN2O2. The zero-order chi connectivity index (χ0) is 17.9. The van der Waals surface area contributed by atoms with E-state index < -0.39 is 11.3 Å². The molecule has 4 nitrogen and oxygen atoms in total. The Kier molecular flexibility index (Phi) is 5.09. The largest absolute Gasteiger partial charge is 0.366 e. The topological polar surface area (TPSA) is 72.2 Å². The number of benzene rings is 2. The number of primary amides is 1. The van der Waals surface area contributed by atoms with Crippen LogP contribution in [-0.4, -0.2) is 18.4 Å². The minimum atomic E-state index is -0.458. The molecule has 0 bridgehead atoms. The molecule has 1 fully saturated rings. The number of carbonyl (C=O) groups excluding carboxylic acids is 2. The number of hydrogen-bond acceptors (Lipinski definition) is 2. The van der Waals surface area contributed by atoms with Gasteiger partial charge in [-0.05, 0) is 54.7 Å². The molecule has 0 saturated heterocycles. The zero-order valence-corrected chi connectivity index (χ0v) is 14.7. The van der Waals surface area contributed by atoms with Gasteiger partial charge in [0.25, 0.3) is 0 Å². The van der Waals surface area contributed by atoms with E-state index in [0.29, 0.717) is 23.6 Å². The highest BCUT2D eigenvalue weighted by Gasteiger charge is 2.45. The number of nitrogens with two attached hydrogens (primary N) is 1. The predicted molar refractivity (Wildman–Crippen MR) is 98.7 cm³/mol. The molecule has 3 N–H and O–H groups in total. The Hall–Kier alpha value is -2.33. The van der Waals surface area contributed by atoms with Crippen LogP contribution in [-0.2, 0) is 16.6 Å². The molecule has 2 aromatic carbocycles.